The minimum absolute atomic E-state index is 0.436. The van der Waals surface area contributed by atoms with Crippen LogP contribution in [0, 0.1) is 13.8 Å². The average Bonchev–Trinajstić information content (AvgIpc) is 2.59. The highest BCUT2D eigenvalue weighted by Gasteiger charge is 2.14. The standard InChI is InChI=1S/C13H15NOS/c1-9-13(16-10(2)14-9)12(15)8-11-6-4-3-5-7-11/h3-7,12,15H,8H2,1-2H3. The summed E-state index contributed by atoms with van der Waals surface area (Å²) in [7, 11) is 0. The van der Waals surface area contributed by atoms with Crippen molar-refractivity contribution in [2.24, 2.45) is 0 Å². The second kappa shape index (κ2) is 4.76. The van der Waals surface area contributed by atoms with Crippen molar-refractivity contribution in [1.29, 1.82) is 0 Å². The van der Waals surface area contributed by atoms with Gasteiger partial charge in [-0.15, -0.1) is 11.3 Å². The molecular weight excluding hydrogens is 218 g/mol. The maximum atomic E-state index is 10.1. The molecule has 3 heteroatoms. The van der Waals surface area contributed by atoms with Gasteiger partial charge in [-0.2, -0.15) is 0 Å². The first kappa shape index (κ1) is 11.3. The van der Waals surface area contributed by atoms with E-state index in [0.717, 1.165) is 21.1 Å². The SMILES string of the molecule is Cc1nc(C)c(C(O)Cc2ccccc2)s1. The number of aliphatic hydroxyl groups excluding tert-OH is 1. The van der Waals surface area contributed by atoms with Crippen LogP contribution in [0.1, 0.15) is 27.2 Å². The molecule has 2 aromatic rings. The van der Waals surface area contributed by atoms with Crippen LogP contribution >= 0.6 is 11.3 Å². The maximum Gasteiger partial charge on any atom is 0.0941 e. The highest BCUT2D eigenvalue weighted by Crippen LogP contribution is 2.27. The number of hydrogen-bond acceptors (Lipinski definition) is 3. The third-order valence-electron chi connectivity index (χ3n) is 2.51. The van der Waals surface area contributed by atoms with E-state index in [4.69, 9.17) is 0 Å². The van der Waals surface area contributed by atoms with Crippen LogP contribution in [-0.2, 0) is 6.42 Å². The highest BCUT2D eigenvalue weighted by atomic mass is 32.1. The first-order chi connectivity index (χ1) is 7.66. The molecule has 0 aliphatic heterocycles. The molecule has 0 saturated carbocycles. The third-order valence-corrected chi connectivity index (χ3v) is 3.69. The Balaban J connectivity index is 2.14. The van der Waals surface area contributed by atoms with Gasteiger partial charge in [-0.25, -0.2) is 4.98 Å². The van der Waals surface area contributed by atoms with Crippen molar-refractivity contribution in [2.75, 3.05) is 0 Å². The van der Waals surface area contributed by atoms with Crippen LogP contribution in [0.2, 0.25) is 0 Å². The van der Waals surface area contributed by atoms with Gasteiger partial charge < -0.3 is 5.11 Å². The molecule has 1 atom stereocenters. The summed E-state index contributed by atoms with van der Waals surface area (Å²) in [6, 6.07) is 10.0. The van der Waals surface area contributed by atoms with Crippen LogP contribution in [-0.4, -0.2) is 10.1 Å². The van der Waals surface area contributed by atoms with Crippen LogP contribution in [0.15, 0.2) is 30.3 Å². The largest absolute Gasteiger partial charge is 0.387 e. The van der Waals surface area contributed by atoms with Gasteiger partial charge in [0.1, 0.15) is 0 Å². The molecule has 0 spiro atoms. The molecule has 0 amide bonds. The second-order valence-corrected chi connectivity index (χ2v) is 5.12. The summed E-state index contributed by atoms with van der Waals surface area (Å²) in [4.78, 5) is 5.32. The molecule has 16 heavy (non-hydrogen) atoms. The molecule has 0 saturated heterocycles. The van der Waals surface area contributed by atoms with Crippen molar-refractivity contribution in [2.45, 2.75) is 26.4 Å². The molecule has 2 nitrogen and oxygen atoms in total. The maximum absolute atomic E-state index is 10.1. The fraction of sp³-hybridized carbons (Fsp3) is 0.308. The number of benzene rings is 1. The molecule has 2 rings (SSSR count). The number of aliphatic hydroxyl groups is 1. The van der Waals surface area contributed by atoms with Crippen LogP contribution in [0.25, 0.3) is 0 Å². The van der Waals surface area contributed by atoms with E-state index in [-0.39, 0.29) is 0 Å². The first-order valence-corrected chi connectivity index (χ1v) is 6.14. The van der Waals surface area contributed by atoms with Crippen molar-refractivity contribution in [1.82, 2.24) is 4.98 Å². The lowest BCUT2D eigenvalue weighted by Crippen LogP contribution is -2.01. The summed E-state index contributed by atoms with van der Waals surface area (Å²) in [6.45, 7) is 3.92. The van der Waals surface area contributed by atoms with Crippen molar-refractivity contribution in [3.05, 3.63) is 51.5 Å². The number of rotatable bonds is 3. The van der Waals surface area contributed by atoms with Gasteiger partial charge in [0.15, 0.2) is 0 Å². The fourth-order valence-electron chi connectivity index (χ4n) is 1.79. The predicted octanol–water partition coefficient (Wildman–Crippen LogP) is 3.04. The second-order valence-electron chi connectivity index (χ2n) is 3.89. The van der Waals surface area contributed by atoms with E-state index in [2.05, 4.69) is 4.98 Å². The third kappa shape index (κ3) is 2.49. The first-order valence-electron chi connectivity index (χ1n) is 5.32. The molecule has 0 fully saturated rings. The molecule has 1 aromatic heterocycles. The Kier molecular flexibility index (Phi) is 3.36. The molecule has 0 bridgehead atoms. The van der Waals surface area contributed by atoms with E-state index in [9.17, 15) is 5.11 Å². The molecule has 1 unspecified atom stereocenters. The van der Waals surface area contributed by atoms with Gasteiger partial charge in [0.2, 0.25) is 0 Å². The molecule has 1 N–H and O–H groups in total. The number of thiazole rings is 1. The van der Waals surface area contributed by atoms with E-state index >= 15 is 0 Å². The molecule has 0 aliphatic carbocycles. The minimum atomic E-state index is -0.436. The molecule has 0 radical (unpaired) electrons. The zero-order valence-electron chi connectivity index (χ0n) is 9.47. The Labute approximate surface area is 99.6 Å². The summed E-state index contributed by atoms with van der Waals surface area (Å²) in [6.07, 6.45) is 0.220. The quantitative estimate of drug-likeness (QED) is 0.884. The fourth-order valence-corrected chi connectivity index (χ4v) is 2.70. The molecule has 1 aromatic carbocycles. The zero-order chi connectivity index (χ0) is 11.5. The summed E-state index contributed by atoms with van der Waals surface area (Å²) < 4.78 is 0. The Morgan fingerprint density at radius 2 is 1.94 bits per heavy atom. The Bertz CT molecular complexity index is 464. The highest BCUT2D eigenvalue weighted by molar-refractivity contribution is 7.11. The lowest BCUT2D eigenvalue weighted by molar-refractivity contribution is 0.181. The number of aryl methyl sites for hydroxylation is 2. The van der Waals surface area contributed by atoms with E-state index < -0.39 is 6.10 Å². The normalized spacial score (nSPS) is 12.7. The van der Waals surface area contributed by atoms with Gasteiger partial charge in [0.25, 0.3) is 0 Å². The molecular formula is C13H15NOS. The Morgan fingerprint density at radius 3 is 2.50 bits per heavy atom. The average molecular weight is 233 g/mol. The van der Waals surface area contributed by atoms with Crippen molar-refractivity contribution in [3.63, 3.8) is 0 Å². The number of aromatic nitrogens is 1. The van der Waals surface area contributed by atoms with Crippen molar-refractivity contribution in [3.8, 4) is 0 Å². The van der Waals surface area contributed by atoms with Gasteiger partial charge in [-0.3, -0.25) is 0 Å². The predicted molar refractivity (Wildman–Crippen MR) is 66.7 cm³/mol. The lowest BCUT2D eigenvalue weighted by atomic mass is 10.1. The van der Waals surface area contributed by atoms with Crippen LogP contribution in [0.3, 0.4) is 0 Å². The summed E-state index contributed by atoms with van der Waals surface area (Å²) in [5.74, 6) is 0. The van der Waals surface area contributed by atoms with E-state index in [0.29, 0.717) is 6.42 Å². The van der Waals surface area contributed by atoms with Gasteiger partial charge >= 0.3 is 0 Å². The van der Waals surface area contributed by atoms with Crippen LogP contribution in [0.4, 0.5) is 0 Å². The molecule has 0 aliphatic rings. The minimum Gasteiger partial charge on any atom is -0.387 e. The van der Waals surface area contributed by atoms with E-state index in [1.807, 2.05) is 44.2 Å². The van der Waals surface area contributed by atoms with Crippen LogP contribution in [0.5, 0.6) is 0 Å². The van der Waals surface area contributed by atoms with Gasteiger partial charge in [0, 0.05) is 6.42 Å². The number of nitrogens with zero attached hydrogens (tertiary/aromatic N) is 1. The van der Waals surface area contributed by atoms with E-state index in [1.54, 1.807) is 11.3 Å². The summed E-state index contributed by atoms with van der Waals surface area (Å²) in [5, 5.41) is 11.2. The smallest absolute Gasteiger partial charge is 0.0941 e. The summed E-state index contributed by atoms with van der Waals surface area (Å²) >= 11 is 1.58. The van der Waals surface area contributed by atoms with Gasteiger partial charge in [-0.1, -0.05) is 30.3 Å². The Hall–Kier alpha value is -1.19. The van der Waals surface area contributed by atoms with E-state index in [1.165, 1.54) is 0 Å². The van der Waals surface area contributed by atoms with Gasteiger partial charge in [-0.05, 0) is 19.4 Å². The van der Waals surface area contributed by atoms with Crippen molar-refractivity contribution < 1.29 is 5.11 Å². The molecule has 84 valence electrons. The monoisotopic (exact) mass is 233 g/mol. The topological polar surface area (TPSA) is 33.1 Å². The number of hydrogen-bond donors (Lipinski definition) is 1. The van der Waals surface area contributed by atoms with Gasteiger partial charge in [0.05, 0.1) is 21.7 Å². The zero-order valence-corrected chi connectivity index (χ0v) is 10.3. The molecule has 1 heterocycles. The lowest BCUT2D eigenvalue weighted by Gasteiger charge is -2.09. The van der Waals surface area contributed by atoms with Crippen LogP contribution < -0.4 is 0 Å². The Morgan fingerprint density at radius 1 is 1.25 bits per heavy atom. The van der Waals surface area contributed by atoms with Crippen molar-refractivity contribution >= 4 is 11.3 Å². The summed E-state index contributed by atoms with van der Waals surface area (Å²) in [5.41, 5.74) is 2.10.